The fraction of sp³-hybridized carbons (Fsp3) is 0.231. The normalized spacial score (nSPS) is 15.7. The van der Waals surface area contributed by atoms with Gasteiger partial charge in [0.2, 0.25) is 0 Å². The zero-order valence-electron chi connectivity index (χ0n) is 10.4. The Kier molecular flexibility index (Phi) is 3.13. The molecule has 2 amide bonds. The summed E-state index contributed by atoms with van der Waals surface area (Å²) in [5.41, 5.74) is 5.28. The van der Waals surface area contributed by atoms with E-state index in [4.69, 9.17) is 11.6 Å². The Labute approximate surface area is 110 Å². The van der Waals surface area contributed by atoms with E-state index < -0.39 is 0 Å². The number of hydrazine groups is 1. The quantitative estimate of drug-likeness (QED) is 0.836. The molecular weight excluding hydrogens is 252 g/mol. The van der Waals surface area contributed by atoms with Crippen LogP contribution >= 0.6 is 11.6 Å². The Balaban J connectivity index is 2.24. The highest BCUT2D eigenvalue weighted by Gasteiger charge is 2.33. The Bertz CT molecular complexity index is 554. The molecule has 0 aliphatic carbocycles. The number of rotatable bonds is 2. The first-order chi connectivity index (χ1) is 8.41. The largest absolute Gasteiger partial charge is 0.288 e. The molecule has 0 fully saturated rings. The van der Waals surface area contributed by atoms with E-state index in [0.29, 0.717) is 21.9 Å². The van der Waals surface area contributed by atoms with Crippen LogP contribution in [0.4, 0.5) is 5.69 Å². The molecule has 0 atom stereocenters. The Morgan fingerprint density at radius 2 is 1.61 bits per heavy atom. The molecule has 1 aliphatic rings. The second-order valence-electron chi connectivity index (χ2n) is 4.27. The number of nitrogens with zero attached hydrogens (tertiary/aromatic N) is 1. The van der Waals surface area contributed by atoms with Gasteiger partial charge in [-0.1, -0.05) is 11.6 Å². The summed E-state index contributed by atoms with van der Waals surface area (Å²) in [5.74, 6) is -0.629. The van der Waals surface area contributed by atoms with Crippen molar-refractivity contribution in [2.75, 3.05) is 5.43 Å². The fourth-order valence-electron chi connectivity index (χ4n) is 1.69. The molecule has 1 aromatic rings. The average Bonchev–Trinajstić information content (AvgIpc) is 2.52. The maximum Gasteiger partial charge on any atom is 0.275 e. The van der Waals surface area contributed by atoms with Crippen molar-refractivity contribution >= 4 is 29.1 Å². The molecule has 1 heterocycles. The summed E-state index contributed by atoms with van der Waals surface area (Å²) in [7, 11) is 0. The lowest BCUT2D eigenvalue weighted by Crippen LogP contribution is -2.36. The first-order valence-corrected chi connectivity index (χ1v) is 5.88. The maximum absolute atomic E-state index is 11.8. The number of amides is 2. The second-order valence-corrected chi connectivity index (χ2v) is 4.68. The molecule has 0 aromatic heterocycles. The second kappa shape index (κ2) is 4.46. The first kappa shape index (κ1) is 12.6. The molecule has 0 unspecified atom stereocenters. The summed E-state index contributed by atoms with van der Waals surface area (Å²) in [4.78, 5) is 23.7. The SMILES string of the molecule is CC1=C(C)C(=O)N(Nc2ccc(Cl)c(C)c2)C1=O. The van der Waals surface area contributed by atoms with Crippen LogP contribution in [-0.2, 0) is 9.59 Å². The van der Waals surface area contributed by atoms with Crippen molar-refractivity contribution in [3.63, 3.8) is 0 Å². The molecule has 0 saturated heterocycles. The molecule has 4 nitrogen and oxygen atoms in total. The van der Waals surface area contributed by atoms with Crippen molar-refractivity contribution in [2.45, 2.75) is 20.8 Å². The third kappa shape index (κ3) is 1.99. The summed E-state index contributed by atoms with van der Waals surface area (Å²) < 4.78 is 0. The molecule has 0 bridgehead atoms. The van der Waals surface area contributed by atoms with Gasteiger partial charge in [0.25, 0.3) is 11.8 Å². The molecule has 1 N–H and O–H groups in total. The lowest BCUT2D eigenvalue weighted by Gasteiger charge is -2.17. The van der Waals surface area contributed by atoms with Crippen LogP contribution in [0.15, 0.2) is 29.3 Å². The zero-order valence-corrected chi connectivity index (χ0v) is 11.1. The highest BCUT2D eigenvalue weighted by atomic mass is 35.5. The number of carbonyl (C=O) groups is 2. The van der Waals surface area contributed by atoms with E-state index in [1.54, 1.807) is 32.0 Å². The van der Waals surface area contributed by atoms with Crippen LogP contribution in [0.2, 0.25) is 5.02 Å². The number of carbonyl (C=O) groups excluding carboxylic acids is 2. The smallest absolute Gasteiger partial charge is 0.275 e. The predicted molar refractivity (Wildman–Crippen MR) is 70.0 cm³/mol. The van der Waals surface area contributed by atoms with Crippen LogP contribution in [0, 0.1) is 6.92 Å². The third-order valence-electron chi connectivity index (χ3n) is 3.01. The van der Waals surface area contributed by atoms with Crippen LogP contribution < -0.4 is 5.43 Å². The van der Waals surface area contributed by atoms with Crippen LogP contribution in [0.1, 0.15) is 19.4 Å². The van der Waals surface area contributed by atoms with Gasteiger partial charge in [-0.05, 0) is 44.5 Å². The molecule has 0 saturated carbocycles. The molecule has 5 heteroatoms. The zero-order chi connectivity index (χ0) is 13.4. The van der Waals surface area contributed by atoms with E-state index >= 15 is 0 Å². The molecule has 94 valence electrons. The number of hydrogen-bond donors (Lipinski definition) is 1. The average molecular weight is 265 g/mol. The predicted octanol–water partition coefficient (Wildman–Crippen LogP) is 2.68. The number of halogens is 1. The van der Waals surface area contributed by atoms with E-state index in [1.807, 2.05) is 6.92 Å². The number of benzene rings is 1. The molecule has 1 aliphatic heterocycles. The van der Waals surface area contributed by atoms with Gasteiger partial charge in [0.15, 0.2) is 0 Å². The molecule has 18 heavy (non-hydrogen) atoms. The van der Waals surface area contributed by atoms with E-state index in [1.165, 1.54) is 0 Å². The maximum atomic E-state index is 11.8. The monoisotopic (exact) mass is 264 g/mol. The minimum atomic E-state index is -0.315. The third-order valence-corrected chi connectivity index (χ3v) is 3.43. The first-order valence-electron chi connectivity index (χ1n) is 5.51. The van der Waals surface area contributed by atoms with Gasteiger partial charge in [-0.25, -0.2) is 0 Å². The lowest BCUT2D eigenvalue weighted by atomic mass is 10.2. The minimum absolute atomic E-state index is 0.315. The summed E-state index contributed by atoms with van der Waals surface area (Å²) in [6.07, 6.45) is 0. The van der Waals surface area contributed by atoms with Gasteiger partial charge in [-0.3, -0.25) is 15.0 Å². The molecule has 1 aromatic carbocycles. The highest BCUT2D eigenvalue weighted by molar-refractivity contribution is 6.31. The molecule has 0 spiro atoms. The van der Waals surface area contributed by atoms with Crippen LogP contribution in [0.3, 0.4) is 0 Å². The standard InChI is InChI=1S/C13H13ClN2O2/c1-7-6-10(4-5-11(7)14)15-16-12(17)8(2)9(3)13(16)18/h4-6,15H,1-3H3. The topological polar surface area (TPSA) is 49.4 Å². The van der Waals surface area contributed by atoms with Crippen LogP contribution in [-0.4, -0.2) is 16.8 Å². The van der Waals surface area contributed by atoms with E-state index in [9.17, 15) is 9.59 Å². The van der Waals surface area contributed by atoms with E-state index in [0.717, 1.165) is 10.6 Å². The molecule has 0 radical (unpaired) electrons. The van der Waals surface area contributed by atoms with Crippen molar-refractivity contribution in [2.24, 2.45) is 0 Å². The van der Waals surface area contributed by atoms with Gasteiger partial charge >= 0.3 is 0 Å². The summed E-state index contributed by atoms with van der Waals surface area (Å²) in [6.45, 7) is 5.14. The summed E-state index contributed by atoms with van der Waals surface area (Å²) in [6, 6.07) is 5.22. The number of anilines is 1. The minimum Gasteiger partial charge on any atom is -0.288 e. The number of aryl methyl sites for hydroxylation is 1. The molecule has 2 rings (SSSR count). The highest BCUT2D eigenvalue weighted by Crippen LogP contribution is 2.23. The fourth-order valence-corrected chi connectivity index (χ4v) is 1.81. The lowest BCUT2D eigenvalue weighted by molar-refractivity contribution is -0.135. The van der Waals surface area contributed by atoms with Gasteiger partial charge in [0.1, 0.15) is 0 Å². The van der Waals surface area contributed by atoms with Gasteiger partial charge in [0, 0.05) is 16.2 Å². The molecular formula is C13H13ClN2O2. The summed E-state index contributed by atoms with van der Waals surface area (Å²) in [5, 5.41) is 1.66. The number of nitrogens with one attached hydrogen (secondary N) is 1. The Morgan fingerprint density at radius 3 is 2.11 bits per heavy atom. The van der Waals surface area contributed by atoms with Crippen molar-refractivity contribution in [3.8, 4) is 0 Å². The van der Waals surface area contributed by atoms with Gasteiger partial charge in [-0.15, -0.1) is 0 Å². The number of imide groups is 1. The van der Waals surface area contributed by atoms with Crippen molar-refractivity contribution in [3.05, 3.63) is 39.9 Å². The van der Waals surface area contributed by atoms with E-state index in [-0.39, 0.29) is 11.8 Å². The van der Waals surface area contributed by atoms with Crippen LogP contribution in [0.25, 0.3) is 0 Å². The van der Waals surface area contributed by atoms with Gasteiger partial charge in [0.05, 0.1) is 5.69 Å². The Morgan fingerprint density at radius 1 is 1.06 bits per heavy atom. The van der Waals surface area contributed by atoms with Crippen molar-refractivity contribution in [1.82, 2.24) is 5.01 Å². The van der Waals surface area contributed by atoms with Crippen molar-refractivity contribution in [1.29, 1.82) is 0 Å². The van der Waals surface area contributed by atoms with E-state index in [2.05, 4.69) is 5.43 Å². The van der Waals surface area contributed by atoms with Gasteiger partial charge in [-0.2, -0.15) is 5.01 Å². The Hall–Kier alpha value is -1.81. The number of hydrogen-bond acceptors (Lipinski definition) is 3. The van der Waals surface area contributed by atoms with Crippen LogP contribution in [0.5, 0.6) is 0 Å². The van der Waals surface area contributed by atoms with Gasteiger partial charge < -0.3 is 0 Å². The summed E-state index contributed by atoms with van der Waals surface area (Å²) >= 11 is 5.92. The van der Waals surface area contributed by atoms with Crippen molar-refractivity contribution < 1.29 is 9.59 Å².